The lowest BCUT2D eigenvalue weighted by atomic mass is 10.1. The monoisotopic (exact) mass is 257 g/mol. The molecule has 19 heavy (non-hydrogen) atoms. The van der Waals surface area contributed by atoms with E-state index >= 15 is 0 Å². The highest BCUT2D eigenvalue weighted by Gasteiger charge is 2.20. The Kier molecular flexibility index (Phi) is 2.97. The van der Waals surface area contributed by atoms with E-state index in [2.05, 4.69) is 15.3 Å². The summed E-state index contributed by atoms with van der Waals surface area (Å²) in [5.41, 5.74) is 0.407. The van der Waals surface area contributed by atoms with E-state index in [-0.39, 0.29) is 11.9 Å². The first-order chi connectivity index (χ1) is 9.34. The van der Waals surface area contributed by atoms with Crippen LogP contribution < -0.4 is 14.8 Å². The molecule has 0 saturated heterocycles. The fourth-order valence-electron chi connectivity index (χ4n) is 1.79. The summed E-state index contributed by atoms with van der Waals surface area (Å²) in [6.07, 6.45) is 3.12. The second kappa shape index (κ2) is 4.93. The predicted molar refractivity (Wildman–Crippen MR) is 67.4 cm³/mol. The SMILES string of the molecule is O=C(Nc1ncccn1)c1cccc2c1OCCO2. The number of nitrogens with one attached hydrogen (secondary N) is 1. The number of carbonyl (C=O) groups excluding carboxylic acids is 1. The maximum atomic E-state index is 12.2. The molecule has 0 unspecified atom stereocenters. The molecule has 1 amide bonds. The lowest BCUT2D eigenvalue weighted by Gasteiger charge is -2.20. The molecule has 3 rings (SSSR count). The summed E-state index contributed by atoms with van der Waals surface area (Å²) in [5, 5.41) is 2.61. The van der Waals surface area contributed by atoms with Crippen molar-refractivity contribution in [2.24, 2.45) is 0 Å². The van der Waals surface area contributed by atoms with Gasteiger partial charge in [-0.1, -0.05) is 6.07 Å². The van der Waals surface area contributed by atoms with Gasteiger partial charge in [0.15, 0.2) is 11.5 Å². The Morgan fingerprint density at radius 3 is 2.74 bits per heavy atom. The Morgan fingerprint density at radius 2 is 1.89 bits per heavy atom. The smallest absolute Gasteiger partial charge is 0.261 e. The molecule has 6 nitrogen and oxygen atoms in total. The summed E-state index contributed by atoms with van der Waals surface area (Å²) >= 11 is 0. The van der Waals surface area contributed by atoms with Gasteiger partial charge in [-0.2, -0.15) is 0 Å². The Balaban J connectivity index is 1.88. The molecule has 1 aromatic carbocycles. The van der Waals surface area contributed by atoms with Gasteiger partial charge in [0, 0.05) is 12.4 Å². The van der Waals surface area contributed by atoms with E-state index in [1.54, 1.807) is 36.7 Å². The Bertz CT molecular complexity index is 601. The van der Waals surface area contributed by atoms with E-state index in [0.29, 0.717) is 30.3 Å². The lowest BCUT2D eigenvalue weighted by molar-refractivity contribution is 0.101. The predicted octanol–water partition coefficient (Wildman–Crippen LogP) is 1.50. The van der Waals surface area contributed by atoms with E-state index in [4.69, 9.17) is 9.47 Å². The molecular formula is C13H11N3O3. The molecule has 0 aliphatic carbocycles. The molecule has 0 fully saturated rings. The van der Waals surface area contributed by atoms with Gasteiger partial charge in [-0.3, -0.25) is 10.1 Å². The first-order valence-electron chi connectivity index (χ1n) is 5.81. The highest BCUT2D eigenvalue weighted by molar-refractivity contribution is 6.05. The van der Waals surface area contributed by atoms with E-state index in [9.17, 15) is 4.79 Å². The first kappa shape index (κ1) is 11.5. The highest BCUT2D eigenvalue weighted by Crippen LogP contribution is 2.33. The third-order valence-corrected chi connectivity index (χ3v) is 2.60. The molecule has 0 atom stereocenters. The van der Waals surface area contributed by atoms with E-state index < -0.39 is 0 Å². The molecule has 6 heteroatoms. The largest absolute Gasteiger partial charge is 0.486 e. The Labute approximate surface area is 109 Å². The van der Waals surface area contributed by atoms with Crippen molar-refractivity contribution in [3.8, 4) is 11.5 Å². The zero-order chi connectivity index (χ0) is 13.1. The van der Waals surface area contributed by atoms with Crippen LogP contribution >= 0.6 is 0 Å². The molecule has 96 valence electrons. The van der Waals surface area contributed by atoms with Gasteiger partial charge in [0.25, 0.3) is 5.91 Å². The maximum absolute atomic E-state index is 12.2. The number of carbonyl (C=O) groups is 1. The zero-order valence-electron chi connectivity index (χ0n) is 10.00. The van der Waals surface area contributed by atoms with Crippen molar-refractivity contribution in [2.75, 3.05) is 18.5 Å². The third-order valence-electron chi connectivity index (χ3n) is 2.60. The summed E-state index contributed by atoms with van der Waals surface area (Å²) in [7, 11) is 0. The van der Waals surface area contributed by atoms with Crippen molar-refractivity contribution in [3.63, 3.8) is 0 Å². The van der Waals surface area contributed by atoms with Gasteiger partial charge in [0.05, 0.1) is 5.56 Å². The summed E-state index contributed by atoms with van der Waals surface area (Å²) in [6.45, 7) is 0.916. The van der Waals surface area contributed by atoms with E-state index in [0.717, 1.165) is 0 Å². The number of nitrogens with zero attached hydrogens (tertiary/aromatic N) is 2. The van der Waals surface area contributed by atoms with Crippen LogP contribution in [0.1, 0.15) is 10.4 Å². The molecule has 1 aliphatic rings. The van der Waals surface area contributed by atoms with Gasteiger partial charge in [0.2, 0.25) is 5.95 Å². The average molecular weight is 257 g/mol. The van der Waals surface area contributed by atoms with Crippen LogP contribution in [0.5, 0.6) is 11.5 Å². The van der Waals surface area contributed by atoms with Crippen molar-refractivity contribution in [2.45, 2.75) is 0 Å². The van der Waals surface area contributed by atoms with E-state index in [1.165, 1.54) is 0 Å². The Morgan fingerprint density at radius 1 is 1.11 bits per heavy atom. The van der Waals surface area contributed by atoms with Gasteiger partial charge in [-0.25, -0.2) is 9.97 Å². The number of para-hydroxylation sites is 1. The molecule has 1 N–H and O–H groups in total. The van der Waals surface area contributed by atoms with Crippen LogP contribution in [0.3, 0.4) is 0 Å². The van der Waals surface area contributed by atoms with Gasteiger partial charge in [-0.05, 0) is 18.2 Å². The summed E-state index contributed by atoms with van der Waals surface area (Å²) in [4.78, 5) is 20.0. The Hall–Kier alpha value is -2.63. The molecule has 0 saturated carbocycles. The molecule has 0 bridgehead atoms. The number of anilines is 1. The average Bonchev–Trinajstić information content (AvgIpc) is 2.47. The lowest BCUT2D eigenvalue weighted by Crippen LogP contribution is -2.20. The molecule has 2 aromatic rings. The van der Waals surface area contributed by atoms with Crippen molar-refractivity contribution in [1.82, 2.24) is 9.97 Å². The second-order valence-corrected chi connectivity index (χ2v) is 3.86. The summed E-state index contributed by atoms with van der Waals surface area (Å²) in [5.74, 6) is 0.963. The minimum absolute atomic E-state index is 0.252. The number of aromatic nitrogens is 2. The van der Waals surface area contributed by atoms with Gasteiger partial charge in [0.1, 0.15) is 13.2 Å². The highest BCUT2D eigenvalue weighted by atomic mass is 16.6. The van der Waals surface area contributed by atoms with Crippen LogP contribution in [0.15, 0.2) is 36.7 Å². The standard InChI is InChI=1S/C13H11N3O3/c17-12(16-13-14-5-2-6-15-13)9-3-1-4-10-11(9)19-8-7-18-10/h1-6H,7-8H2,(H,14,15,16,17). The molecule has 1 aromatic heterocycles. The number of hydrogen-bond donors (Lipinski definition) is 1. The molecule has 0 spiro atoms. The van der Waals surface area contributed by atoms with Crippen LogP contribution in [0, 0.1) is 0 Å². The van der Waals surface area contributed by atoms with E-state index in [1.807, 2.05) is 0 Å². The fourth-order valence-corrected chi connectivity index (χ4v) is 1.79. The van der Waals surface area contributed by atoms with Crippen LogP contribution in [0.2, 0.25) is 0 Å². The third kappa shape index (κ3) is 2.33. The van der Waals surface area contributed by atoms with Gasteiger partial charge in [-0.15, -0.1) is 0 Å². The van der Waals surface area contributed by atoms with Crippen LogP contribution in [0.25, 0.3) is 0 Å². The van der Waals surface area contributed by atoms with Gasteiger partial charge < -0.3 is 9.47 Å². The zero-order valence-corrected chi connectivity index (χ0v) is 10.00. The van der Waals surface area contributed by atoms with Crippen molar-refractivity contribution < 1.29 is 14.3 Å². The number of fused-ring (bicyclic) bond motifs is 1. The molecule has 1 aliphatic heterocycles. The minimum Gasteiger partial charge on any atom is -0.486 e. The second-order valence-electron chi connectivity index (χ2n) is 3.86. The number of benzene rings is 1. The number of rotatable bonds is 2. The van der Waals surface area contributed by atoms with Crippen molar-refractivity contribution >= 4 is 11.9 Å². The maximum Gasteiger partial charge on any atom is 0.261 e. The number of ether oxygens (including phenoxy) is 2. The fraction of sp³-hybridized carbons (Fsp3) is 0.154. The summed E-state index contributed by atoms with van der Waals surface area (Å²) < 4.78 is 10.9. The minimum atomic E-state index is -0.325. The van der Waals surface area contributed by atoms with Crippen LogP contribution in [-0.4, -0.2) is 29.1 Å². The number of amides is 1. The first-order valence-corrected chi connectivity index (χ1v) is 5.81. The van der Waals surface area contributed by atoms with Crippen molar-refractivity contribution in [3.05, 3.63) is 42.2 Å². The van der Waals surface area contributed by atoms with Crippen LogP contribution in [0.4, 0.5) is 5.95 Å². The molecule has 0 radical (unpaired) electrons. The normalized spacial score (nSPS) is 12.8. The quantitative estimate of drug-likeness (QED) is 0.882. The molecular weight excluding hydrogens is 246 g/mol. The summed E-state index contributed by atoms with van der Waals surface area (Å²) in [6, 6.07) is 6.86. The van der Waals surface area contributed by atoms with Crippen molar-refractivity contribution in [1.29, 1.82) is 0 Å². The number of hydrogen-bond acceptors (Lipinski definition) is 5. The topological polar surface area (TPSA) is 73.3 Å². The van der Waals surface area contributed by atoms with Crippen LogP contribution in [-0.2, 0) is 0 Å². The van der Waals surface area contributed by atoms with Gasteiger partial charge >= 0.3 is 0 Å². The molecule has 2 heterocycles.